The number of benzene rings is 1. The van der Waals surface area contributed by atoms with Crippen LogP contribution in [0.15, 0.2) is 29.2 Å². The summed E-state index contributed by atoms with van der Waals surface area (Å²) in [6.07, 6.45) is 6.76. The average Bonchev–Trinajstić information content (AvgIpc) is 2.41. The van der Waals surface area contributed by atoms with E-state index in [1.54, 1.807) is 0 Å². The van der Waals surface area contributed by atoms with Crippen molar-refractivity contribution in [1.82, 2.24) is 5.32 Å². The largest absolute Gasteiger partial charge is 0.313 e. The molecule has 0 saturated carbocycles. The summed E-state index contributed by atoms with van der Waals surface area (Å²) in [5, 5.41) is 3.62. The highest BCUT2D eigenvalue weighted by molar-refractivity contribution is 7.99. The fourth-order valence-electron chi connectivity index (χ4n) is 2.25. The molecule has 0 aromatic heterocycles. The third-order valence-corrected chi connectivity index (χ3v) is 4.50. The third-order valence-electron chi connectivity index (χ3n) is 3.34. The molecule has 108 valence electrons. The maximum Gasteiger partial charge on any atom is 0.0161 e. The van der Waals surface area contributed by atoms with Crippen LogP contribution in [0.3, 0.4) is 0 Å². The van der Waals surface area contributed by atoms with Crippen LogP contribution in [-0.2, 0) is 0 Å². The predicted molar refractivity (Wildman–Crippen MR) is 88.1 cm³/mol. The van der Waals surface area contributed by atoms with Gasteiger partial charge in [-0.3, -0.25) is 0 Å². The summed E-state index contributed by atoms with van der Waals surface area (Å²) in [6, 6.07) is 9.48. The van der Waals surface area contributed by atoms with Gasteiger partial charge in [-0.1, -0.05) is 57.2 Å². The van der Waals surface area contributed by atoms with Crippen LogP contribution in [0.25, 0.3) is 0 Å². The summed E-state index contributed by atoms with van der Waals surface area (Å²) in [7, 11) is 0. The van der Waals surface area contributed by atoms with Gasteiger partial charge in [0.15, 0.2) is 0 Å². The lowest BCUT2D eigenvalue weighted by molar-refractivity contribution is 0.500. The minimum Gasteiger partial charge on any atom is -0.313 e. The van der Waals surface area contributed by atoms with E-state index in [4.69, 9.17) is 0 Å². The van der Waals surface area contributed by atoms with Crippen molar-refractivity contribution in [2.75, 3.05) is 12.3 Å². The van der Waals surface area contributed by atoms with Crippen molar-refractivity contribution in [3.63, 3.8) is 0 Å². The first-order valence-corrected chi connectivity index (χ1v) is 8.67. The zero-order valence-corrected chi connectivity index (χ0v) is 13.6. The van der Waals surface area contributed by atoms with Gasteiger partial charge >= 0.3 is 0 Å². The van der Waals surface area contributed by atoms with Crippen LogP contribution in [0.4, 0.5) is 0 Å². The molecule has 1 aromatic carbocycles. The van der Waals surface area contributed by atoms with E-state index in [0.29, 0.717) is 6.04 Å². The molecule has 0 fully saturated rings. The molecule has 1 N–H and O–H groups in total. The molecular weight excluding hydrogens is 250 g/mol. The molecule has 0 aliphatic carbocycles. The van der Waals surface area contributed by atoms with E-state index in [-0.39, 0.29) is 0 Å². The van der Waals surface area contributed by atoms with Gasteiger partial charge in [-0.2, -0.15) is 0 Å². The van der Waals surface area contributed by atoms with E-state index in [1.807, 2.05) is 11.8 Å². The van der Waals surface area contributed by atoms with Gasteiger partial charge in [-0.25, -0.2) is 0 Å². The van der Waals surface area contributed by atoms with Crippen LogP contribution in [-0.4, -0.2) is 18.3 Å². The smallest absolute Gasteiger partial charge is 0.0161 e. The molecule has 0 heterocycles. The molecule has 0 radical (unpaired) electrons. The van der Waals surface area contributed by atoms with E-state index < -0.39 is 0 Å². The molecule has 0 amide bonds. The first-order chi connectivity index (χ1) is 9.26. The number of hydrogen-bond donors (Lipinski definition) is 1. The highest BCUT2D eigenvalue weighted by Crippen LogP contribution is 2.21. The second-order valence-corrected chi connectivity index (χ2v) is 6.32. The Labute approximate surface area is 123 Å². The van der Waals surface area contributed by atoms with Gasteiger partial charge in [0.25, 0.3) is 0 Å². The summed E-state index contributed by atoms with van der Waals surface area (Å²) in [4.78, 5) is 1.40. The monoisotopic (exact) mass is 279 g/mol. The lowest BCUT2D eigenvalue weighted by Crippen LogP contribution is -2.31. The van der Waals surface area contributed by atoms with Crippen LogP contribution < -0.4 is 5.32 Å². The standard InChI is InChI=1S/C17H29NS/c1-4-6-7-8-11-16(18-5-2)14-19-17-12-9-10-15(3)13-17/h9-10,12-13,16,18H,4-8,11,14H2,1-3H3. The zero-order valence-electron chi connectivity index (χ0n) is 12.7. The normalized spacial score (nSPS) is 12.6. The molecule has 0 spiro atoms. The maximum atomic E-state index is 3.62. The molecule has 1 aromatic rings. The Balaban J connectivity index is 2.32. The molecule has 0 saturated heterocycles. The Bertz CT molecular complexity index is 338. The van der Waals surface area contributed by atoms with Crippen LogP contribution >= 0.6 is 11.8 Å². The second-order valence-electron chi connectivity index (χ2n) is 5.23. The van der Waals surface area contributed by atoms with Crippen LogP contribution in [0, 0.1) is 6.92 Å². The number of hydrogen-bond acceptors (Lipinski definition) is 2. The van der Waals surface area contributed by atoms with Crippen LogP contribution in [0.5, 0.6) is 0 Å². The van der Waals surface area contributed by atoms with Crippen molar-refractivity contribution in [3.8, 4) is 0 Å². The van der Waals surface area contributed by atoms with Crippen molar-refractivity contribution in [1.29, 1.82) is 0 Å². The van der Waals surface area contributed by atoms with Gasteiger partial charge in [-0.15, -0.1) is 11.8 Å². The topological polar surface area (TPSA) is 12.0 Å². The molecule has 0 aliphatic heterocycles. The molecule has 19 heavy (non-hydrogen) atoms. The Morgan fingerprint density at radius 1 is 1.16 bits per heavy atom. The number of aryl methyl sites for hydroxylation is 1. The fourth-order valence-corrected chi connectivity index (χ4v) is 3.37. The summed E-state index contributed by atoms with van der Waals surface area (Å²) in [5.74, 6) is 1.18. The zero-order chi connectivity index (χ0) is 13.9. The Morgan fingerprint density at radius 2 is 2.00 bits per heavy atom. The average molecular weight is 279 g/mol. The highest BCUT2D eigenvalue weighted by Gasteiger charge is 2.07. The van der Waals surface area contributed by atoms with Gasteiger partial charge in [0.1, 0.15) is 0 Å². The number of nitrogens with one attached hydrogen (secondary N) is 1. The van der Waals surface area contributed by atoms with Gasteiger partial charge in [0, 0.05) is 16.7 Å². The lowest BCUT2D eigenvalue weighted by atomic mass is 10.1. The molecule has 2 heteroatoms. The molecule has 1 rings (SSSR count). The second kappa shape index (κ2) is 10.3. The lowest BCUT2D eigenvalue weighted by Gasteiger charge is -2.17. The summed E-state index contributed by atoms with van der Waals surface area (Å²) in [5.41, 5.74) is 1.35. The van der Waals surface area contributed by atoms with Crippen molar-refractivity contribution in [3.05, 3.63) is 29.8 Å². The first kappa shape index (κ1) is 16.6. The highest BCUT2D eigenvalue weighted by atomic mass is 32.2. The Morgan fingerprint density at radius 3 is 2.68 bits per heavy atom. The van der Waals surface area contributed by atoms with Gasteiger partial charge in [0.2, 0.25) is 0 Å². The van der Waals surface area contributed by atoms with E-state index >= 15 is 0 Å². The minimum absolute atomic E-state index is 0.660. The summed E-state index contributed by atoms with van der Waals surface area (Å²) in [6.45, 7) is 7.72. The SMILES string of the molecule is CCCCCCC(CSc1cccc(C)c1)NCC. The quantitative estimate of drug-likeness (QED) is 0.476. The van der Waals surface area contributed by atoms with Crippen molar-refractivity contribution in [2.45, 2.75) is 63.8 Å². The van der Waals surface area contributed by atoms with Gasteiger partial charge < -0.3 is 5.32 Å². The Kier molecular flexibility index (Phi) is 9.02. The van der Waals surface area contributed by atoms with Crippen molar-refractivity contribution < 1.29 is 0 Å². The van der Waals surface area contributed by atoms with E-state index in [1.165, 1.54) is 48.3 Å². The predicted octanol–water partition coefficient (Wildman–Crippen LogP) is 5.04. The number of thioether (sulfide) groups is 1. The van der Waals surface area contributed by atoms with Crippen LogP contribution in [0.2, 0.25) is 0 Å². The molecule has 1 atom stereocenters. The fraction of sp³-hybridized carbons (Fsp3) is 0.647. The molecule has 1 nitrogen and oxygen atoms in total. The van der Waals surface area contributed by atoms with E-state index in [0.717, 1.165) is 6.54 Å². The maximum absolute atomic E-state index is 3.62. The van der Waals surface area contributed by atoms with E-state index in [2.05, 4.69) is 50.4 Å². The summed E-state index contributed by atoms with van der Waals surface area (Å²) >= 11 is 1.98. The summed E-state index contributed by atoms with van der Waals surface area (Å²) < 4.78 is 0. The van der Waals surface area contributed by atoms with Crippen LogP contribution in [0.1, 0.15) is 51.5 Å². The molecule has 0 aliphatic rings. The van der Waals surface area contributed by atoms with Gasteiger partial charge in [-0.05, 0) is 32.0 Å². The van der Waals surface area contributed by atoms with Crippen molar-refractivity contribution >= 4 is 11.8 Å². The van der Waals surface area contributed by atoms with Crippen molar-refractivity contribution in [2.24, 2.45) is 0 Å². The third kappa shape index (κ3) is 7.64. The van der Waals surface area contributed by atoms with E-state index in [9.17, 15) is 0 Å². The molecule has 0 bridgehead atoms. The molecule has 1 unspecified atom stereocenters. The number of rotatable bonds is 10. The Hall–Kier alpha value is -0.470. The minimum atomic E-state index is 0.660. The molecular formula is C17H29NS. The first-order valence-electron chi connectivity index (χ1n) is 7.69. The number of unbranched alkanes of at least 4 members (excludes halogenated alkanes) is 3. The van der Waals surface area contributed by atoms with Gasteiger partial charge in [0.05, 0.1) is 0 Å².